The van der Waals surface area contributed by atoms with Crippen LogP contribution >= 0.6 is 0 Å². The zero-order valence-corrected chi connectivity index (χ0v) is 13.6. The molecule has 1 atom stereocenters. The van der Waals surface area contributed by atoms with Crippen molar-refractivity contribution < 1.29 is 14.3 Å². The van der Waals surface area contributed by atoms with Crippen LogP contribution in [0.4, 0.5) is 0 Å². The number of aromatic nitrogens is 2. The summed E-state index contributed by atoms with van der Waals surface area (Å²) in [5.74, 6) is 1.78. The summed E-state index contributed by atoms with van der Waals surface area (Å²) >= 11 is 0. The normalized spacial score (nSPS) is 19.5. The van der Waals surface area contributed by atoms with Gasteiger partial charge in [-0.05, 0) is 37.0 Å². The second-order valence-corrected chi connectivity index (χ2v) is 6.33. The zero-order chi connectivity index (χ0) is 16.4. The third-order valence-corrected chi connectivity index (χ3v) is 4.76. The van der Waals surface area contributed by atoms with E-state index in [2.05, 4.69) is 9.55 Å². The van der Waals surface area contributed by atoms with Crippen LogP contribution in [0.2, 0.25) is 0 Å². The van der Waals surface area contributed by atoms with Gasteiger partial charge in [-0.25, -0.2) is 4.98 Å². The van der Waals surface area contributed by atoms with E-state index in [4.69, 9.17) is 9.47 Å². The first-order valence-electron chi connectivity index (χ1n) is 8.43. The van der Waals surface area contributed by atoms with Crippen molar-refractivity contribution in [2.75, 3.05) is 19.9 Å². The molecule has 2 aliphatic heterocycles. The highest BCUT2D eigenvalue weighted by Crippen LogP contribution is 2.32. The van der Waals surface area contributed by atoms with Gasteiger partial charge in [0.05, 0.1) is 12.4 Å². The number of carbonyl (C=O) groups is 1. The first kappa shape index (κ1) is 15.1. The molecule has 1 aromatic heterocycles. The number of fused-ring (bicyclic) bond motifs is 1. The Hall–Kier alpha value is -2.50. The van der Waals surface area contributed by atoms with E-state index in [9.17, 15) is 4.79 Å². The van der Waals surface area contributed by atoms with E-state index >= 15 is 0 Å². The van der Waals surface area contributed by atoms with Crippen LogP contribution in [0.3, 0.4) is 0 Å². The lowest BCUT2D eigenvalue weighted by Gasteiger charge is -2.33. The van der Waals surface area contributed by atoms with E-state index in [0.717, 1.165) is 49.4 Å². The second-order valence-electron chi connectivity index (χ2n) is 6.33. The molecule has 126 valence electrons. The minimum Gasteiger partial charge on any atom is -0.454 e. The summed E-state index contributed by atoms with van der Waals surface area (Å²) in [5, 5.41) is 0. The smallest absolute Gasteiger partial charge is 0.231 e. The lowest BCUT2D eigenvalue weighted by atomic mass is 10.0. The van der Waals surface area contributed by atoms with Crippen LogP contribution in [0, 0.1) is 0 Å². The molecular weight excluding hydrogens is 306 g/mol. The predicted octanol–water partition coefficient (Wildman–Crippen LogP) is 2.41. The number of hydrogen-bond acceptors (Lipinski definition) is 4. The molecule has 3 heterocycles. The van der Waals surface area contributed by atoms with Gasteiger partial charge in [0.25, 0.3) is 0 Å². The molecule has 0 radical (unpaired) electrons. The topological polar surface area (TPSA) is 56.6 Å². The standard InChI is InChI=1S/C18H21N3O3/c22-18(6-4-14-3-5-16-17(10-14)24-13-23-16)20-8-1-2-15(11-20)21-9-7-19-12-21/h3,5,7,9-10,12,15H,1-2,4,6,8,11,13H2. The Kier molecular flexibility index (Phi) is 4.11. The van der Waals surface area contributed by atoms with Crippen molar-refractivity contribution in [3.05, 3.63) is 42.5 Å². The first-order valence-corrected chi connectivity index (χ1v) is 8.43. The Morgan fingerprint density at radius 2 is 2.21 bits per heavy atom. The molecule has 0 aliphatic carbocycles. The number of aryl methyl sites for hydroxylation is 1. The molecule has 1 unspecified atom stereocenters. The summed E-state index contributed by atoms with van der Waals surface area (Å²) in [6.07, 6.45) is 9.00. The minimum atomic E-state index is 0.220. The molecule has 1 fully saturated rings. The van der Waals surface area contributed by atoms with Gasteiger partial charge in [-0.2, -0.15) is 0 Å². The molecule has 4 rings (SSSR count). The van der Waals surface area contributed by atoms with Gasteiger partial charge >= 0.3 is 0 Å². The summed E-state index contributed by atoms with van der Waals surface area (Å²) < 4.78 is 12.8. The maximum absolute atomic E-state index is 12.6. The number of benzene rings is 1. The van der Waals surface area contributed by atoms with E-state index in [1.165, 1.54) is 0 Å². The quantitative estimate of drug-likeness (QED) is 0.865. The van der Waals surface area contributed by atoms with Gasteiger partial charge < -0.3 is 18.9 Å². The van der Waals surface area contributed by atoms with Crippen molar-refractivity contribution in [3.63, 3.8) is 0 Å². The van der Waals surface area contributed by atoms with Crippen molar-refractivity contribution >= 4 is 5.91 Å². The van der Waals surface area contributed by atoms with Crippen LogP contribution in [0.1, 0.15) is 30.9 Å². The van der Waals surface area contributed by atoms with Crippen molar-refractivity contribution in [3.8, 4) is 11.5 Å². The van der Waals surface area contributed by atoms with E-state index in [1.54, 1.807) is 6.20 Å². The number of ether oxygens (including phenoxy) is 2. The van der Waals surface area contributed by atoms with Crippen LogP contribution < -0.4 is 9.47 Å². The van der Waals surface area contributed by atoms with Gasteiger partial charge in [0, 0.05) is 31.9 Å². The number of rotatable bonds is 4. The number of amides is 1. The van der Waals surface area contributed by atoms with Crippen LogP contribution in [0.25, 0.3) is 0 Å². The molecule has 2 aliphatic rings. The average molecular weight is 327 g/mol. The maximum Gasteiger partial charge on any atom is 0.231 e. The molecule has 2 aromatic rings. The van der Waals surface area contributed by atoms with Gasteiger partial charge in [0.1, 0.15) is 0 Å². The van der Waals surface area contributed by atoms with Crippen molar-refractivity contribution in [1.82, 2.24) is 14.5 Å². The number of nitrogens with zero attached hydrogens (tertiary/aromatic N) is 3. The Bertz CT molecular complexity index is 714. The number of hydrogen-bond donors (Lipinski definition) is 0. The largest absolute Gasteiger partial charge is 0.454 e. The summed E-state index contributed by atoms with van der Waals surface area (Å²) in [5.41, 5.74) is 1.11. The third-order valence-electron chi connectivity index (χ3n) is 4.76. The second kappa shape index (κ2) is 6.55. The highest BCUT2D eigenvalue weighted by atomic mass is 16.7. The molecular formula is C18H21N3O3. The Morgan fingerprint density at radius 3 is 3.08 bits per heavy atom. The minimum absolute atomic E-state index is 0.220. The van der Waals surface area contributed by atoms with E-state index < -0.39 is 0 Å². The number of piperidine rings is 1. The SMILES string of the molecule is O=C(CCc1ccc2c(c1)OCO2)N1CCCC(n2ccnc2)C1. The molecule has 1 saturated heterocycles. The molecule has 1 amide bonds. The molecule has 6 heteroatoms. The molecule has 0 spiro atoms. The van der Waals surface area contributed by atoms with E-state index in [0.29, 0.717) is 12.5 Å². The monoisotopic (exact) mass is 327 g/mol. The number of imidazole rings is 1. The molecule has 0 N–H and O–H groups in total. The van der Waals surface area contributed by atoms with Gasteiger partial charge in [0.2, 0.25) is 12.7 Å². The first-order chi connectivity index (χ1) is 11.8. The fourth-order valence-electron chi connectivity index (χ4n) is 3.42. The molecule has 0 saturated carbocycles. The molecule has 1 aromatic carbocycles. The number of likely N-dealkylation sites (tertiary alicyclic amines) is 1. The summed E-state index contributed by atoms with van der Waals surface area (Å²) in [7, 11) is 0. The van der Waals surface area contributed by atoms with Gasteiger partial charge in [0.15, 0.2) is 11.5 Å². The van der Waals surface area contributed by atoms with Crippen LogP contribution in [-0.2, 0) is 11.2 Å². The Labute approximate surface area is 141 Å². The Balaban J connectivity index is 1.34. The summed E-state index contributed by atoms with van der Waals surface area (Å²) in [6.45, 7) is 1.91. The average Bonchev–Trinajstić information content (AvgIpc) is 3.30. The highest BCUT2D eigenvalue weighted by molar-refractivity contribution is 5.76. The third kappa shape index (κ3) is 3.09. The predicted molar refractivity (Wildman–Crippen MR) is 88.0 cm³/mol. The molecule has 0 bridgehead atoms. The lowest BCUT2D eigenvalue weighted by Crippen LogP contribution is -2.40. The zero-order valence-electron chi connectivity index (χ0n) is 13.6. The van der Waals surface area contributed by atoms with Crippen molar-refractivity contribution in [1.29, 1.82) is 0 Å². The molecule has 24 heavy (non-hydrogen) atoms. The highest BCUT2D eigenvalue weighted by Gasteiger charge is 2.24. The van der Waals surface area contributed by atoms with Gasteiger partial charge in [-0.1, -0.05) is 6.07 Å². The van der Waals surface area contributed by atoms with E-state index in [-0.39, 0.29) is 12.7 Å². The van der Waals surface area contributed by atoms with Gasteiger partial charge in [-0.15, -0.1) is 0 Å². The summed E-state index contributed by atoms with van der Waals surface area (Å²) in [4.78, 5) is 18.7. The van der Waals surface area contributed by atoms with Crippen LogP contribution in [0.15, 0.2) is 36.9 Å². The Morgan fingerprint density at radius 1 is 1.29 bits per heavy atom. The lowest BCUT2D eigenvalue weighted by molar-refractivity contribution is -0.132. The fraction of sp³-hybridized carbons (Fsp3) is 0.444. The van der Waals surface area contributed by atoms with Crippen molar-refractivity contribution in [2.45, 2.75) is 31.7 Å². The molecule has 6 nitrogen and oxygen atoms in total. The summed E-state index contributed by atoms with van der Waals surface area (Å²) in [6, 6.07) is 6.24. The van der Waals surface area contributed by atoms with Crippen molar-refractivity contribution in [2.24, 2.45) is 0 Å². The van der Waals surface area contributed by atoms with Gasteiger partial charge in [-0.3, -0.25) is 4.79 Å². The maximum atomic E-state index is 12.6. The van der Waals surface area contributed by atoms with Crippen LogP contribution in [0.5, 0.6) is 11.5 Å². The number of carbonyl (C=O) groups excluding carboxylic acids is 1. The fourth-order valence-corrected chi connectivity index (χ4v) is 3.42. The van der Waals surface area contributed by atoms with E-state index in [1.807, 2.05) is 35.6 Å². The van der Waals surface area contributed by atoms with Crippen LogP contribution in [-0.4, -0.2) is 40.2 Å².